The summed E-state index contributed by atoms with van der Waals surface area (Å²) < 4.78 is 5.10. The van der Waals surface area contributed by atoms with E-state index < -0.39 is 0 Å². The first-order valence-corrected chi connectivity index (χ1v) is 7.13. The van der Waals surface area contributed by atoms with Crippen LogP contribution in [0.4, 0.5) is 0 Å². The highest BCUT2D eigenvalue weighted by Gasteiger charge is 2.27. The molecule has 1 heterocycles. The summed E-state index contributed by atoms with van der Waals surface area (Å²) in [5.41, 5.74) is 1.62. The van der Waals surface area contributed by atoms with Crippen LogP contribution in [0.2, 0.25) is 0 Å². The van der Waals surface area contributed by atoms with Crippen LogP contribution in [0.15, 0.2) is 23.0 Å². The van der Waals surface area contributed by atoms with Crippen molar-refractivity contribution < 1.29 is 4.42 Å². The number of alkyl halides is 2. The summed E-state index contributed by atoms with van der Waals surface area (Å²) in [5.74, 6) is 0. The van der Waals surface area contributed by atoms with Gasteiger partial charge in [-0.3, -0.25) is 0 Å². The predicted molar refractivity (Wildman–Crippen MR) is 67.3 cm³/mol. The van der Waals surface area contributed by atoms with Crippen molar-refractivity contribution in [3.63, 3.8) is 0 Å². The van der Waals surface area contributed by atoms with Gasteiger partial charge in [-0.15, -0.1) is 0 Å². The number of hydrogen-bond acceptors (Lipinski definition) is 1. The molecule has 0 spiro atoms. The van der Waals surface area contributed by atoms with E-state index in [1.54, 1.807) is 6.26 Å². The maximum atomic E-state index is 5.10. The van der Waals surface area contributed by atoms with Gasteiger partial charge in [0.25, 0.3) is 0 Å². The van der Waals surface area contributed by atoms with Gasteiger partial charge in [0.2, 0.25) is 0 Å². The molecule has 0 atom stereocenters. The van der Waals surface area contributed by atoms with Gasteiger partial charge in [0.15, 0.2) is 0 Å². The Kier molecular flexibility index (Phi) is 5.24. The van der Waals surface area contributed by atoms with E-state index in [9.17, 15) is 0 Å². The van der Waals surface area contributed by atoms with E-state index >= 15 is 0 Å². The molecule has 1 aromatic heterocycles. The standard InChI is InChI=1S/C11H16Br2O/c1-2-4-11(8-12,9-13)6-10-3-5-14-7-10/h3,5,7H,2,4,6,8-9H2,1H3. The Morgan fingerprint density at radius 3 is 2.50 bits per heavy atom. The molecule has 0 N–H and O–H groups in total. The first-order chi connectivity index (χ1) is 6.76. The second kappa shape index (κ2) is 5.96. The van der Waals surface area contributed by atoms with Crippen LogP contribution in [0.5, 0.6) is 0 Å². The van der Waals surface area contributed by atoms with Crippen LogP contribution in [-0.4, -0.2) is 10.7 Å². The summed E-state index contributed by atoms with van der Waals surface area (Å²) in [6, 6.07) is 2.05. The molecule has 1 nitrogen and oxygen atoms in total. The van der Waals surface area contributed by atoms with Gasteiger partial charge in [0.1, 0.15) is 0 Å². The maximum absolute atomic E-state index is 5.10. The molecule has 80 valence electrons. The lowest BCUT2D eigenvalue weighted by Gasteiger charge is -2.29. The smallest absolute Gasteiger partial charge is 0.0934 e. The molecule has 0 unspecified atom stereocenters. The Bertz CT molecular complexity index is 240. The number of rotatable bonds is 6. The van der Waals surface area contributed by atoms with E-state index in [0.717, 1.165) is 17.1 Å². The highest BCUT2D eigenvalue weighted by Crippen LogP contribution is 2.33. The summed E-state index contributed by atoms with van der Waals surface area (Å²) >= 11 is 7.24. The molecule has 0 radical (unpaired) electrons. The first kappa shape index (κ1) is 12.3. The summed E-state index contributed by atoms with van der Waals surface area (Å²) in [6.45, 7) is 2.23. The minimum absolute atomic E-state index is 0.332. The zero-order valence-electron chi connectivity index (χ0n) is 8.43. The highest BCUT2D eigenvalue weighted by molar-refractivity contribution is 9.09. The predicted octanol–water partition coefficient (Wildman–Crippen LogP) is 4.40. The van der Waals surface area contributed by atoms with Crippen molar-refractivity contribution in [1.29, 1.82) is 0 Å². The van der Waals surface area contributed by atoms with E-state index in [-0.39, 0.29) is 0 Å². The minimum Gasteiger partial charge on any atom is -0.472 e. The molecule has 0 aliphatic rings. The average Bonchev–Trinajstić information content (AvgIpc) is 2.69. The number of furan rings is 1. The third-order valence-corrected chi connectivity index (χ3v) is 4.89. The van der Waals surface area contributed by atoms with Gasteiger partial charge in [-0.2, -0.15) is 0 Å². The van der Waals surface area contributed by atoms with Gasteiger partial charge in [0, 0.05) is 10.7 Å². The minimum atomic E-state index is 0.332. The van der Waals surface area contributed by atoms with Crippen LogP contribution in [0, 0.1) is 5.41 Å². The first-order valence-electron chi connectivity index (χ1n) is 4.89. The van der Waals surface area contributed by atoms with Crippen LogP contribution in [0.1, 0.15) is 25.3 Å². The van der Waals surface area contributed by atoms with Crippen molar-refractivity contribution in [3.05, 3.63) is 24.2 Å². The lowest BCUT2D eigenvalue weighted by Crippen LogP contribution is -2.27. The third kappa shape index (κ3) is 3.13. The average molecular weight is 324 g/mol. The molecule has 0 saturated heterocycles. The molecule has 14 heavy (non-hydrogen) atoms. The third-order valence-electron chi connectivity index (χ3n) is 2.51. The molecule has 0 saturated carbocycles. The largest absolute Gasteiger partial charge is 0.472 e. The molecule has 0 aromatic carbocycles. The molecule has 1 rings (SSSR count). The summed E-state index contributed by atoms with van der Waals surface area (Å²) in [5, 5.41) is 2.06. The van der Waals surface area contributed by atoms with Crippen LogP contribution >= 0.6 is 31.9 Å². The fourth-order valence-corrected chi connectivity index (χ4v) is 3.59. The van der Waals surface area contributed by atoms with Gasteiger partial charge < -0.3 is 4.42 Å². The van der Waals surface area contributed by atoms with E-state index in [2.05, 4.69) is 44.8 Å². The quantitative estimate of drug-likeness (QED) is 0.707. The van der Waals surface area contributed by atoms with Crippen molar-refractivity contribution in [2.24, 2.45) is 5.41 Å². The summed E-state index contributed by atoms with van der Waals surface area (Å²) in [7, 11) is 0. The lowest BCUT2D eigenvalue weighted by molar-refractivity contribution is 0.350. The zero-order chi connectivity index (χ0) is 10.4. The van der Waals surface area contributed by atoms with E-state index in [0.29, 0.717) is 5.41 Å². The molecule has 3 heteroatoms. The SMILES string of the molecule is CCCC(CBr)(CBr)Cc1ccoc1. The fraction of sp³-hybridized carbons (Fsp3) is 0.636. The number of hydrogen-bond donors (Lipinski definition) is 0. The Morgan fingerprint density at radius 1 is 1.36 bits per heavy atom. The molecule has 1 aromatic rings. The van der Waals surface area contributed by atoms with Crippen molar-refractivity contribution in [3.8, 4) is 0 Å². The van der Waals surface area contributed by atoms with Crippen molar-refractivity contribution in [2.45, 2.75) is 26.2 Å². The van der Waals surface area contributed by atoms with E-state index in [1.165, 1.54) is 18.4 Å². The molecule has 0 bridgehead atoms. The summed E-state index contributed by atoms with van der Waals surface area (Å²) in [6.07, 6.45) is 7.11. The van der Waals surface area contributed by atoms with Gasteiger partial charge in [-0.1, -0.05) is 45.2 Å². The van der Waals surface area contributed by atoms with Crippen LogP contribution in [0.3, 0.4) is 0 Å². The van der Waals surface area contributed by atoms with Gasteiger partial charge in [-0.05, 0) is 29.9 Å². The second-order valence-electron chi connectivity index (χ2n) is 3.83. The molecule has 0 aliphatic heterocycles. The molecular weight excluding hydrogens is 308 g/mol. The van der Waals surface area contributed by atoms with Gasteiger partial charge in [0.05, 0.1) is 12.5 Å². The topological polar surface area (TPSA) is 13.1 Å². The van der Waals surface area contributed by atoms with E-state index in [1.807, 2.05) is 6.26 Å². The second-order valence-corrected chi connectivity index (χ2v) is 4.95. The van der Waals surface area contributed by atoms with Crippen molar-refractivity contribution >= 4 is 31.9 Å². The monoisotopic (exact) mass is 322 g/mol. The Morgan fingerprint density at radius 2 is 2.07 bits per heavy atom. The van der Waals surface area contributed by atoms with E-state index in [4.69, 9.17) is 4.42 Å². The highest BCUT2D eigenvalue weighted by atomic mass is 79.9. The zero-order valence-corrected chi connectivity index (χ0v) is 11.6. The van der Waals surface area contributed by atoms with Gasteiger partial charge >= 0.3 is 0 Å². The summed E-state index contributed by atoms with van der Waals surface area (Å²) in [4.78, 5) is 0. The van der Waals surface area contributed by atoms with Crippen LogP contribution in [0.25, 0.3) is 0 Å². The molecule has 0 fully saturated rings. The molecular formula is C11H16Br2O. The van der Waals surface area contributed by atoms with Crippen LogP contribution < -0.4 is 0 Å². The fourth-order valence-electron chi connectivity index (χ4n) is 1.71. The normalized spacial score (nSPS) is 11.9. The molecule has 0 aliphatic carbocycles. The Hall–Kier alpha value is 0.240. The Labute approximate surface area is 103 Å². The molecule has 0 amide bonds. The van der Waals surface area contributed by atoms with Crippen LogP contribution in [-0.2, 0) is 6.42 Å². The maximum Gasteiger partial charge on any atom is 0.0934 e. The van der Waals surface area contributed by atoms with Gasteiger partial charge in [-0.25, -0.2) is 0 Å². The Balaban J connectivity index is 2.67. The lowest BCUT2D eigenvalue weighted by atomic mass is 9.82. The van der Waals surface area contributed by atoms with Crippen molar-refractivity contribution in [1.82, 2.24) is 0 Å². The van der Waals surface area contributed by atoms with Crippen molar-refractivity contribution in [2.75, 3.05) is 10.7 Å². The number of halogens is 2.